The smallest absolute Gasteiger partial charge is 0.142 e. The van der Waals surface area contributed by atoms with E-state index in [1.54, 1.807) is 0 Å². The lowest BCUT2D eigenvalue weighted by Gasteiger charge is -2.55. The van der Waals surface area contributed by atoms with Crippen molar-refractivity contribution < 1.29 is 9.90 Å². The molecule has 3 rings (SSSR count). The van der Waals surface area contributed by atoms with Crippen LogP contribution in [0.1, 0.15) is 51.9 Å². The number of ketones is 1. The molecule has 0 aromatic heterocycles. The monoisotopic (exact) mass is 222 g/mol. The fourth-order valence-electron chi connectivity index (χ4n) is 4.74. The third-order valence-electron chi connectivity index (χ3n) is 5.57. The van der Waals surface area contributed by atoms with Crippen LogP contribution in [0.2, 0.25) is 0 Å². The molecule has 0 aliphatic heterocycles. The minimum atomic E-state index is -0.633. The van der Waals surface area contributed by atoms with Crippen LogP contribution in [0.3, 0.4) is 0 Å². The van der Waals surface area contributed by atoms with E-state index in [2.05, 4.69) is 6.92 Å². The van der Waals surface area contributed by atoms with Gasteiger partial charge in [-0.25, -0.2) is 0 Å². The van der Waals surface area contributed by atoms with Crippen LogP contribution < -0.4 is 0 Å². The van der Waals surface area contributed by atoms with Crippen molar-refractivity contribution in [2.75, 3.05) is 0 Å². The molecule has 2 nitrogen and oxygen atoms in total. The Labute approximate surface area is 97.4 Å². The summed E-state index contributed by atoms with van der Waals surface area (Å²) in [4.78, 5) is 12.3. The van der Waals surface area contributed by atoms with Gasteiger partial charge in [0.05, 0.1) is 5.60 Å². The van der Waals surface area contributed by atoms with Crippen molar-refractivity contribution in [3.63, 3.8) is 0 Å². The zero-order chi connectivity index (χ0) is 11.3. The highest BCUT2D eigenvalue weighted by Crippen LogP contribution is 2.54. The van der Waals surface area contributed by atoms with Gasteiger partial charge in [-0.15, -0.1) is 0 Å². The van der Waals surface area contributed by atoms with E-state index < -0.39 is 5.60 Å². The van der Waals surface area contributed by atoms with Gasteiger partial charge in [0.15, 0.2) is 0 Å². The van der Waals surface area contributed by atoms with Gasteiger partial charge < -0.3 is 5.11 Å². The highest BCUT2D eigenvalue weighted by atomic mass is 16.3. The molecule has 0 heterocycles. The molecular formula is C14H22O2. The van der Waals surface area contributed by atoms with Crippen LogP contribution in [0, 0.1) is 23.7 Å². The second-order valence-corrected chi connectivity index (χ2v) is 6.19. The molecule has 3 aliphatic rings. The van der Waals surface area contributed by atoms with Gasteiger partial charge in [-0.1, -0.05) is 26.2 Å². The quantitative estimate of drug-likeness (QED) is 0.684. The molecule has 0 unspecified atom stereocenters. The molecule has 0 aromatic carbocycles. The zero-order valence-electron chi connectivity index (χ0n) is 10.1. The van der Waals surface area contributed by atoms with E-state index in [4.69, 9.17) is 0 Å². The van der Waals surface area contributed by atoms with Gasteiger partial charge in [-0.2, -0.15) is 0 Å². The fraction of sp³-hybridized carbons (Fsp3) is 0.929. The summed E-state index contributed by atoms with van der Waals surface area (Å²) in [5.74, 6) is 1.44. The van der Waals surface area contributed by atoms with Crippen molar-refractivity contribution in [2.45, 2.75) is 57.5 Å². The SMILES string of the molecule is C[C@H]1[C@@H]2CCC[C@H](C2=O)[C@@]2(O)CCCC[C@H]12. The van der Waals surface area contributed by atoms with Crippen molar-refractivity contribution in [1.82, 2.24) is 0 Å². The predicted molar refractivity (Wildman–Crippen MR) is 61.9 cm³/mol. The van der Waals surface area contributed by atoms with Gasteiger partial charge in [0.2, 0.25) is 0 Å². The normalized spacial score (nSPS) is 52.2. The number of rotatable bonds is 0. The Kier molecular flexibility index (Phi) is 2.39. The van der Waals surface area contributed by atoms with E-state index in [0.29, 0.717) is 17.6 Å². The number of aliphatic hydroxyl groups is 1. The van der Waals surface area contributed by atoms with E-state index in [9.17, 15) is 9.90 Å². The standard InChI is InChI=1S/C14H22O2/c1-9-10-5-4-7-12(13(10)15)14(16)8-3-2-6-11(9)14/h9-12,16H,2-8H2,1H3/t9-,10-,11+,12+,14+/m0/s1. The predicted octanol–water partition coefficient (Wildman–Crippen LogP) is 2.54. The molecule has 0 amide bonds. The maximum Gasteiger partial charge on any atom is 0.142 e. The molecule has 2 bridgehead atoms. The van der Waals surface area contributed by atoms with Gasteiger partial charge >= 0.3 is 0 Å². The molecule has 0 saturated heterocycles. The van der Waals surface area contributed by atoms with Crippen LogP contribution in [0.25, 0.3) is 0 Å². The fourth-order valence-corrected chi connectivity index (χ4v) is 4.74. The van der Waals surface area contributed by atoms with Gasteiger partial charge in [0.1, 0.15) is 5.78 Å². The first-order valence-electron chi connectivity index (χ1n) is 6.90. The number of hydrogen-bond acceptors (Lipinski definition) is 2. The van der Waals surface area contributed by atoms with Crippen LogP contribution in [0.5, 0.6) is 0 Å². The molecule has 1 N–H and O–H groups in total. The Morgan fingerprint density at radius 1 is 1.19 bits per heavy atom. The Balaban J connectivity index is 2.00. The minimum absolute atomic E-state index is 0.0206. The Morgan fingerprint density at radius 3 is 2.81 bits per heavy atom. The van der Waals surface area contributed by atoms with Crippen molar-refractivity contribution >= 4 is 5.78 Å². The van der Waals surface area contributed by atoms with Crippen molar-refractivity contribution in [1.29, 1.82) is 0 Å². The lowest BCUT2D eigenvalue weighted by molar-refractivity contribution is -0.179. The summed E-state index contributed by atoms with van der Waals surface area (Å²) in [6.07, 6.45) is 7.50. The largest absolute Gasteiger partial charge is 0.389 e. The molecule has 5 atom stereocenters. The first kappa shape index (κ1) is 10.8. The summed E-state index contributed by atoms with van der Waals surface area (Å²) in [6.45, 7) is 2.20. The minimum Gasteiger partial charge on any atom is -0.389 e. The molecule has 3 saturated carbocycles. The number of Topliss-reactive ketones (excluding diaryl/α,β-unsaturated/α-hetero) is 1. The van der Waals surface area contributed by atoms with E-state index in [1.807, 2.05) is 0 Å². The van der Waals surface area contributed by atoms with Crippen molar-refractivity contribution in [3.05, 3.63) is 0 Å². The molecule has 2 heteroatoms. The third-order valence-corrected chi connectivity index (χ3v) is 5.57. The highest BCUT2D eigenvalue weighted by Gasteiger charge is 2.58. The first-order valence-corrected chi connectivity index (χ1v) is 6.90. The summed E-state index contributed by atoms with van der Waals surface area (Å²) in [5, 5.41) is 10.9. The van der Waals surface area contributed by atoms with Crippen LogP contribution in [0.4, 0.5) is 0 Å². The molecule has 90 valence electrons. The third kappa shape index (κ3) is 1.25. The van der Waals surface area contributed by atoms with Crippen molar-refractivity contribution in [3.8, 4) is 0 Å². The molecule has 0 aromatic rings. The number of carbonyl (C=O) groups excluding carboxylic acids is 1. The highest BCUT2D eigenvalue weighted by molar-refractivity contribution is 5.86. The van der Waals surface area contributed by atoms with E-state index in [-0.39, 0.29) is 11.8 Å². The van der Waals surface area contributed by atoms with Gasteiger partial charge in [-0.3, -0.25) is 4.79 Å². The summed E-state index contributed by atoms with van der Waals surface area (Å²) in [5.41, 5.74) is -0.633. The molecule has 16 heavy (non-hydrogen) atoms. The zero-order valence-corrected chi connectivity index (χ0v) is 10.1. The summed E-state index contributed by atoms with van der Waals surface area (Å²) >= 11 is 0. The van der Waals surface area contributed by atoms with Crippen LogP contribution in [-0.2, 0) is 4.79 Å². The van der Waals surface area contributed by atoms with Crippen LogP contribution in [0.15, 0.2) is 0 Å². The van der Waals surface area contributed by atoms with Gasteiger partial charge in [0, 0.05) is 11.8 Å². The van der Waals surface area contributed by atoms with Gasteiger partial charge in [-0.05, 0) is 37.5 Å². The van der Waals surface area contributed by atoms with Crippen LogP contribution >= 0.6 is 0 Å². The molecule has 0 spiro atoms. The average Bonchev–Trinajstić information content (AvgIpc) is 2.27. The van der Waals surface area contributed by atoms with E-state index in [1.165, 1.54) is 6.42 Å². The molecule has 3 aliphatic carbocycles. The second-order valence-electron chi connectivity index (χ2n) is 6.19. The molecular weight excluding hydrogens is 200 g/mol. The lowest BCUT2D eigenvalue weighted by atomic mass is 9.51. The Morgan fingerprint density at radius 2 is 2.00 bits per heavy atom. The molecule has 0 radical (unpaired) electrons. The number of hydrogen-bond donors (Lipinski definition) is 1. The topological polar surface area (TPSA) is 37.3 Å². The number of fused-ring (bicyclic) bond motifs is 4. The van der Waals surface area contributed by atoms with E-state index in [0.717, 1.165) is 38.5 Å². The van der Waals surface area contributed by atoms with E-state index >= 15 is 0 Å². The first-order chi connectivity index (χ1) is 7.64. The lowest BCUT2D eigenvalue weighted by Crippen LogP contribution is -2.61. The summed E-state index contributed by atoms with van der Waals surface area (Å²) in [7, 11) is 0. The Hall–Kier alpha value is -0.370. The average molecular weight is 222 g/mol. The van der Waals surface area contributed by atoms with Crippen LogP contribution in [-0.4, -0.2) is 16.5 Å². The number of carbonyl (C=O) groups is 1. The van der Waals surface area contributed by atoms with Gasteiger partial charge in [0.25, 0.3) is 0 Å². The maximum absolute atomic E-state index is 12.3. The maximum atomic E-state index is 12.3. The van der Waals surface area contributed by atoms with Crippen molar-refractivity contribution in [2.24, 2.45) is 23.7 Å². The second kappa shape index (κ2) is 3.56. The summed E-state index contributed by atoms with van der Waals surface area (Å²) < 4.78 is 0. The summed E-state index contributed by atoms with van der Waals surface area (Å²) in [6, 6.07) is 0. The Bertz CT molecular complexity index is 312. The molecule has 3 fully saturated rings.